The number of anilines is 1. The van der Waals surface area contributed by atoms with Crippen molar-refractivity contribution in [2.24, 2.45) is 0 Å². The van der Waals surface area contributed by atoms with E-state index in [4.69, 9.17) is 5.26 Å². The first-order valence-electron chi connectivity index (χ1n) is 10.2. The number of nitriles is 2. The number of nitrogens with zero attached hydrogens (tertiary/aromatic N) is 8. The summed E-state index contributed by atoms with van der Waals surface area (Å²) in [6, 6.07) is 13.2. The van der Waals surface area contributed by atoms with Crippen LogP contribution in [-0.2, 0) is 0 Å². The summed E-state index contributed by atoms with van der Waals surface area (Å²) in [5.41, 5.74) is 2.57. The van der Waals surface area contributed by atoms with Crippen LogP contribution in [-0.4, -0.2) is 50.6 Å². The topological polar surface area (TPSA) is 97.7 Å². The Bertz CT molecular complexity index is 1210. The van der Waals surface area contributed by atoms with Gasteiger partial charge in [-0.3, -0.25) is 4.90 Å². The summed E-state index contributed by atoms with van der Waals surface area (Å²) < 4.78 is 15.2. The molecule has 0 amide bonds. The standard InChI is InChI=1S/C22H19FN8/c23-17-9-16(11-25)22(26-12-17)29-6-7-30-19(13-29)4-5-21(30)20-14-31(28-27-20)18-3-1-2-15(8-18)10-24/h1-3,8-9,12,14,19,21H,4-7,13H2/t19-,21+/m0/s1. The normalized spacial score (nSPS) is 20.8. The monoisotopic (exact) mass is 414 g/mol. The molecule has 31 heavy (non-hydrogen) atoms. The van der Waals surface area contributed by atoms with Crippen molar-refractivity contribution >= 4 is 5.82 Å². The molecule has 0 radical (unpaired) electrons. The maximum atomic E-state index is 13.5. The molecule has 1 aromatic carbocycles. The van der Waals surface area contributed by atoms with Gasteiger partial charge in [-0.25, -0.2) is 14.1 Å². The molecule has 0 unspecified atom stereocenters. The Morgan fingerprint density at radius 2 is 2.00 bits per heavy atom. The molecule has 4 heterocycles. The molecule has 0 bridgehead atoms. The van der Waals surface area contributed by atoms with Gasteiger partial charge in [-0.2, -0.15) is 10.5 Å². The number of hydrogen-bond acceptors (Lipinski definition) is 7. The van der Waals surface area contributed by atoms with Crippen molar-refractivity contribution in [3.8, 4) is 17.8 Å². The van der Waals surface area contributed by atoms with Gasteiger partial charge in [0.25, 0.3) is 0 Å². The number of fused-ring (bicyclic) bond motifs is 1. The van der Waals surface area contributed by atoms with Crippen LogP contribution in [0.2, 0.25) is 0 Å². The molecular weight excluding hydrogens is 395 g/mol. The summed E-state index contributed by atoms with van der Waals surface area (Å²) in [6.45, 7) is 2.25. The van der Waals surface area contributed by atoms with Crippen LogP contribution in [0, 0.1) is 28.5 Å². The second-order valence-corrected chi connectivity index (χ2v) is 7.82. The molecule has 0 N–H and O–H groups in total. The van der Waals surface area contributed by atoms with E-state index in [2.05, 4.69) is 37.2 Å². The molecule has 9 heteroatoms. The molecule has 2 atom stereocenters. The summed E-state index contributed by atoms with van der Waals surface area (Å²) in [5.74, 6) is 0.0542. The minimum Gasteiger partial charge on any atom is -0.353 e. The highest BCUT2D eigenvalue weighted by atomic mass is 19.1. The van der Waals surface area contributed by atoms with E-state index in [-0.39, 0.29) is 11.6 Å². The van der Waals surface area contributed by atoms with Gasteiger partial charge in [0.05, 0.1) is 41.3 Å². The fourth-order valence-electron chi connectivity index (χ4n) is 4.60. The molecule has 0 spiro atoms. The van der Waals surface area contributed by atoms with Gasteiger partial charge >= 0.3 is 0 Å². The molecule has 154 valence electrons. The summed E-state index contributed by atoms with van der Waals surface area (Å²) in [4.78, 5) is 8.69. The van der Waals surface area contributed by atoms with Crippen LogP contribution in [0.3, 0.4) is 0 Å². The minimum atomic E-state index is -0.497. The Morgan fingerprint density at radius 1 is 1.10 bits per heavy atom. The first-order chi connectivity index (χ1) is 15.2. The predicted octanol–water partition coefficient (Wildman–Crippen LogP) is 2.57. The Morgan fingerprint density at radius 3 is 2.84 bits per heavy atom. The van der Waals surface area contributed by atoms with E-state index in [1.54, 1.807) is 16.8 Å². The second-order valence-electron chi connectivity index (χ2n) is 7.82. The third-order valence-corrected chi connectivity index (χ3v) is 6.05. The number of hydrogen-bond donors (Lipinski definition) is 0. The first-order valence-corrected chi connectivity index (χ1v) is 10.2. The molecular formula is C22H19FN8. The smallest absolute Gasteiger partial charge is 0.146 e. The van der Waals surface area contributed by atoms with Crippen molar-refractivity contribution < 1.29 is 4.39 Å². The predicted molar refractivity (Wildman–Crippen MR) is 110 cm³/mol. The number of halogens is 1. The van der Waals surface area contributed by atoms with E-state index >= 15 is 0 Å². The van der Waals surface area contributed by atoms with Crippen LogP contribution in [0.5, 0.6) is 0 Å². The minimum absolute atomic E-state index is 0.177. The highest BCUT2D eigenvalue weighted by molar-refractivity contribution is 5.54. The van der Waals surface area contributed by atoms with Crippen LogP contribution >= 0.6 is 0 Å². The molecule has 2 aromatic heterocycles. The van der Waals surface area contributed by atoms with Crippen molar-refractivity contribution in [3.63, 3.8) is 0 Å². The van der Waals surface area contributed by atoms with E-state index in [1.165, 1.54) is 12.3 Å². The summed E-state index contributed by atoms with van der Waals surface area (Å²) in [5, 5.41) is 27.2. The zero-order valence-corrected chi connectivity index (χ0v) is 16.7. The van der Waals surface area contributed by atoms with E-state index in [0.717, 1.165) is 37.3 Å². The van der Waals surface area contributed by atoms with Crippen LogP contribution < -0.4 is 4.90 Å². The third kappa shape index (κ3) is 3.49. The molecule has 0 saturated carbocycles. The van der Waals surface area contributed by atoms with Gasteiger partial charge in [0, 0.05) is 25.7 Å². The average molecular weight is 414 g/mol. The lowest BCUT2D eigenvalue weighted by atomic mass is 10.1. The van der Waals surface area contributed by atoms with Crippen molar-refractivity contribution in [2.45, 2.75) is 24.9 Å². The Kier molecular flexibility index (Phi) is 4.81. The molecule has 2 saturated heterocycles. The highest BCUT2D eigenvalue weighted by Crippen LogP contribution is 2.38. The zero-order valence-electron chi connectivity index (χ0n) is 16.7. The van der Waals surface area contributed by atoms with Crippen molar-refractivity contribution in [3.05, 3.63) is 65.4 Å². The average Bonchev–Trinajstić information content (AvgIpc) is 3.45. The van der Waals surface area contributed by atoms with Crippen LogP contribution in [0.15, 0.2) is 42.7 Å². The first kappa shape index (κ1) is 19.2. The SMILES string of the molecule is N#Cc1cccc(-n2cc([C@H]3CC[C@H]4CN(c5ncc(F)cc5C#N)CCN43)nn2)c1. The third-order valence-electron chi connectivity index (χ3n) is 6.05. The van der Waals surface area contributed by atoms with Crippen LogP contribution in [0.4, 0.5) is 10.2 Å². The number of pyridine rings is 1. The molecule has 3 aromatic rings. The van der Waals surface area contributed by atoms with E-state index in [1.807, 2.05) is 18.3 Å². The molecule has 8 nitrogen and oxygen atoms in total. The fourth-order valence-corrected chi connectivity index (χ4v) is 4.60. The second kappa shape index (κ2) is 7.78. The summed E-state index contributed by atoms with van der Waals surface area (Å²) >= 11 is 0. The van der Waals surface area contributed by atoms with Crippen molar-refractivity contribution in [1.29, 1.82) is 10.5 Å². The number of benzene rings is 1. The molecule has 5 rings (SSSR count). The molecule has 2 fully saturated rings. The number of rotatable bonds is 3. The van der Waals surface area contributed by atoms with Gasteiger partial charge in [-0.15, -0.1) is 5.10 Å². The molecule has 2 aliphatic rings. The zero-order chi connectivity index (χ0) is 21.4. The van der Waals surface area contributed by atoms with Gasteiger partial charge in [0.2, 0.25) is 0 Å². The Labute approximate surface area is 178 Å². The fraction of sp³-hybridized carbons (Fsp3) is 0.318. The lowest BCUT2D eigenvalue weighted by molar-refractivity contribution is 0.173. The van der Waals surface area contributed by atoms with Gasteiger partial charge in [0.1, 0.15) is 23.4 Å². The Balaban J connectivity index is 1.33. The maximum Gasteiger partial charge on any atom is 0.146 e. The van der Waals surface area contributed by atoms with Crippen molar-refractivity contribution in [2.75, 3.05) is 24.5 Å². The van der Waals surface area contributed by atoms with Gasteiger partial charge in [0.15, 0.2) is 0 Å². The molecule has 0 aliphatic carbocycles. The van der Waals surface area contributed by atoms with E-state index in [0.29, 0.717) is 24.0 Å². The number of piperazine rings is 1. The van der Waals surface area contributed by atoms with Gasteiger partial charge in [-0.05, 0) is 37.1 Å². The van der Waals surface area contributed by atoms with Crippen molar-refractivity contribution in [1.82, 2.24) is 24.9 Å². The van der Waals surface area contributed by atoms with E-state index < -0.39 is 5.82 Å². The lowest BCUT2D eigenvalue weighted by Gasteiger charge is -2.40. The Hall–Kier alpha value is -3.82. The largest absolute Gasteiger partial charge is 0.353 e. The summed E-state index contributed by atoms with van der Waals surface area (Å²) in [6.07, 6.45) is 5.07. The van der Waals surface area contributed by atoms with Gasteiger partial charge < -0.3 is 4.90 Å². The van der Waals surface area contributed by atoms with E-state index in [9.17, 15) is 9.65 Å². The van der Waals surface area contributed by atoms with Crippen LogP contribution in [0.25, 0.3) is 5.69 Å². The quantitative estimate of drug-likeness (QED) is 0.650. The molecule has 2 aliphatic heterocycles. The maximum absolute atomic E-state index is 13.5. The summed E-state index contributed by atoms with van der Waals surface area (Å²) in [7, 11) is 0. The van der Waals surface area contributed by atoms with Gasteiger partial charge in [-0.1, -0.05) is 11.3 Å². The number of aromatic nitrogens is 4. The highest BCUT2D eigenvalue weighted by Gasteiger charge is 2.40. The van der Waals surface area contributed by atoms with Crippen LogP contribution in [0.1, 0.15) is 35.7 Å². The lowest BCUT2D eigenvalue weighted by Crippen LogP contribution is -2.51.